The van der Waals surface area contributed by atoms with E-state index in [0.29, 0.717) is 0 Å². The van der Waals surface area contributed by atoms with Crippen LogP contribution in [0, 0.1) is 0 Å². The topological polar surface area (TPSA) is 49.8 Å². The van der Waals surface area contributed by atoms with Gasteiger partial charge in [0.1, 0.15) is 5.60 Å². The van der Waals surface area contributed by atoms with Crippen LogP contribution in [-0.2, 0) is 4.74 Å². The van der Waals surface area contributed by atoms with E-state index in [9.17, 15) is 4.79 Å². The maximum absolute atomic E-state index is 11.8. The summed E-state index contributed by atoms with van der Waals surface area (Å²) in [6.07, 6.45) is 5.11. The third kappa shape index (κ3) is 3.23. The van der Waals surface area contributed by atoms with Gasteiger partial charge in [0.15, 0.2) is 0 Å². The molecule has 4 heteroatoms. The van der Waals surface area contributed by atoms with Crippen LogP contribution >= 0.6 is 0 Å². The molecule has 92 valence electrons. The van der Waals surface area contributed by atoms with Crippen LogP contribution in [0.25, 0.3) is 0 Å². The van der Waals surface area contributed by atoms with Crippen LogP contribution in [0.4, 0.5) is 4.79 Å². The molecule has 1 fully saturated rings. The number of carbonyl (C=O) groups excluding carboxylic acids is 1. The maximum Gasteiger partial charge on any atom is 0.410 e. The minimum atomic E-state index is -0.470. The Bertz CT molecular complexity index is 287. The molecule has 0 aromatic rings. The quantitative estimate of drug-likeness (QED) is 0.749. The highest BCUT2D eigenvalue weighted by molar-refractivity contribution is 5.70. The molecule has 1 saturated carbocycles. The lowest BCUT2D eigenvalue weighted by Crippen LogP contribution is -2.41. The first-order chi connectivity index (χ1) is 7.31. The summed E-state index contributed by atoms with van der Waals surface area (Å²) >= 11 is 0. The lowest BCUT2D eigenvalue weighted by Gasteiger charge is -2.29. The fourth-order valence-electron chi connectivity index (χ4n) is 1.53. The lowest BCUT2D eigenvalue weighted by atomic mass is 10.2. The molecule has 0 unspecified atom stereocenters. The average Bonchev–Trinajstić information content (AvgIpc) is 2.92. The Labute approximate surface area is 96.9 Å². The molecule has 0 radical (unpaired) electrons. The van der Waals surface area contributed by atoms with Crippen molar-refractivity contribution < 1.29 is 14.6 Å². The molecule has 0 heterocycles. The van der Waals surface area contributed by atoms with Gasteiger partial charge in [0.2, 0.25) is 0 Å². The van der Waals surface area contributed by atoms with E-state index in [-0.39, 0.29) is 18.2 Å². The summed E-state index contributed by atoms with van der Waals surface area (Å²) in [5.41, 5.74) is -0.701. The van der Waals surface area contributed by atoms with Crippen molar-refractivity contribution in [2.75, 3.05) is 13.7 Å². The summed E-state index contributed by atoms with van der Waals surface area (Å²) in [5.74, 6) is 0. The number of aliphatic hydroxyl groups excluding tert-OH is 1. The molecule has 1 aliphatic carbocycles. The molecule has 16 heavy (non-hydrogen) atoms. The number of carbonyl (C=O) groups is 1. The zero-order valence-electron chi connectivity index (χ0n) is 10.5. The van der Waals surface area contributed by atoms with E-state index in [0.717, 1.165) is 12.8 Å². The second-order valence-corrected chi connectivity index (χ2v) is 5.23. The normalized spacial score (nSPS) is 18.6. The molecule has 0 aliphatic heterocycles. The van der Waals surface area contributed by atoms with Gasteiger partial charge in [-0.05, 0) is 33.6 Å². The molecule has 0 spiro atoms. The van der Waals surface area contributed by atoms with E-state index in [4.69, 9.17) is 9.84 Å². The van der Waals surface area contributed by atoms with Gasteiger partial charge in [-0.1, -0.05) is 12.2 Å². The predicted octanol–water partition coefficient (Wildman–Crippen LogP) is 1.93. The van der Waals surface area contributed by atoms with E-state index < -0.39 is 5.60 Å². The Morgan fingerprint density at radius 1 is 1.50 bits per heavy atom. The zero-order valence-corrected chi connectivity index (χ0v) is 10.5. The summed E-state index contributed by atoms with van der Waals surface area (Å²) in [4.78, 5) is 13.4. The molecule has 0 aromatic heterocycles. The van der Waals surface area contributed by atoms with Crippen LogP contribution in [0.2, 0.25) is 0 Å². The van der Waals surface area contributed by atoms with Crippen molar-refractivity contribution in [2.24, 2.45) is 0 Å². The van der Waals surface area contributed by atoms with Crippen LogP contribution in [0.1, 0.15) is 33.6 Å². The average molecular weight is 227 g/mol. The lowest BCUT2D eigenvalue weighted by molar-refractivity contribution is 0.0235. The van der Waals surface area contributed by atoms with Gasteiger partial charge in [-0.2, -0.15) is 0 Å². The highest BCUT2D eigenvalue weighted by Gasteiger charge is 2.47. The van der Waals surface area contributed by atoms with Crippen molar-refractivity contribution in [3.8, 4) is 0 Å². The molecule has 0 atom stereocenters. The van der Waals surface area contributed by atoms with Gasteiger partial charge in [-0.25, -0.2) is 4.79 Å². The van der Waals surface area contributed by atoms with Crippen molar-refractivity contribution >= 4 is 6.09 Å². The Hall–Kier alpha value is -1.03. The molecule has 0 aromatic carbocycles. The number of amides is 1. The van der Waals surface area contributed by atoms with E-state index in [1.54, 1.807) is 18.0 Å². The molecule has 1 amide bonds. The molecular weight excluding hydrogens is 206 g/mol. The molecule has 4 nitrogen and oxygen atoms in total. The first kappa shape index (κ1) is 13.0. The molecular formula is C12H21NO3. The Morgan fingerprint density at radius 2 is 2.06 bits per heavy atom. The van der Waals surface area contributed by atoms with Gasteiger partial charge in [0.05, 0.1) is 12.1 Å². The monoisotopic (exact) mass is 227 g/mol. The second-order valence-electron chi connectivity index (χ2n) is 5.23. The summed E-state index contributed by atoms with van der Waals surface area (Å²) in [6.45, 7) is 5.55. The SMILES string of the molecule is CN(C(=O)OC(C)(C)C)C1(/C=C\CO)CC1. The Kier molecular flexibility index (Phi) is 3.63. The molecule has 1 N–H and O–H groups in total. The molecule has 1 aliphatic rings. The maximum atomic E-state index is 11.8. The van der Waals surface area contributed by atoms with E-state index >= 15 is 0 Å². The highest BCUT2D eigenvalue weighted by atomic mass is 16.6. The molecule has 0 saturated heterocycles. The summed E-state index contributed by atoms with van der Waals surface area (Å²) in [6, 6.07) is 0. The van der Waals surface area contributed by atoms with Crippen LogP contribution in [0.3, 0.4) is 0 Å². The van der Waals surface area contributed by atoms with Crippen molar-refractivity contribution in [2.45, 2.75) is 44.8 Å². The highest BCUT2D eigenvalue weighted by Crippen LogP contribution is 2.42. The minimum absolute atomic E-state index is 0.00388. The summed E-state index contributed by atoms with van der Waals surface area (Å²) in [5, 5.41) is 8.74. The third-order valence-electron chi connectivity index (χ3n) is 2.63. The van der Waals surface area contributed by atoms with Crippen molar-refractivity contribution in [3.63, 3.8) is 0 Å². The second kappa shape index (κ2) is 4.45. The van der Waals surface area contributed by atoms with Gasteiger partial charge in [-0.15, -0.1) is 0 Å². The number of hydrogen-bond acceptors (Lipinski definition) is 3. The first-order valence-corrected chi connectivity index (χ1v) is 5.56. The van der Waals surface area contributed by atoms with Crippen molar-refractivity contribution in [1.82, 2.24) is 4.90 Å². The van der Waals surface area contributed by atoms with E-state index in [2.05, 4.69) is 0 Å². The Morgan fingerprint density at radius 3 is 2.44 bits per heavy atom. The zero-order chi connectivity index (χ0) is 12.4. The molecule has 1 rings (SSSR count). The smallest absolute Gasteiger partial charge is 0.410 e. The first-order valence-electron chi connectivity index (χ1n) is 5.56. The van der Waals surface area contributed by atoms with Crippen LogP contribution in [0.5, 0.6) is 0 Å². The largest absolute Gasteiger partial charge is 0.444 e. The number of likely N-dealkylation sites (N-methyl/N-ethyl adjacent to an activating group) is 1. The fraction of sp³-hybridized carbons (Fsp3) is 0.750. The standard InChI is InChI=1S/C12H21NO3/c1-11(2,3)16-10(15)13(4)12(7-8-12)6-5-9-14/h5-6,14H,7-9H2,1-4H3/b6-5-. The van der Waals surface area contributed by atoms with Gasteiger partial charge in [0, 0.05) is 7.05 Å². The number of aliphatic hydroxyl groups is 1. The van der Waals surface area contributed by atoms with Gasteiger partial charge in [-0.3, -0.25) is 0 Å². The van der Waals surface area contributed by atoms with Gasteiger partial charge >= 0.3 is 6.09 Å². The van der Waals surface area contributed by atoms with Crippen LogP contribution in [-0.4, -0.2) is 40.9 Å². The number of rotatable bonds is 3. The number of hydrogen-bond donors (Lipinski definition) is 1. The Balaban J connectivity index is 2.61. The van der Waals surface area contributed by atoms with Crippen LogP contribution in [0.15, 0.2) is 12.2 Å². The van der Waals surface area contributed by atoms with E-state index in [1.807, 2.05) is 26.8 Å². The minimum Gasteiger partial charge on any atom is -0.444 e. The summed E-state index contributed by atoms with van der Waals surface area (Å²) < 4.78 is 5.30. The molecule has 0 bridgehead atoms. The fourth-order valence-corrected chi connectivity index (χ4v) is 1.53. The van der Waals surface area contributed by atoms with Crippen molar-refractivity contribution in [1.29, 1.82) is 0 Å². The third-order valence-corrected chi connectivity index (χ3v) is 2.63. The van der Waals surface area contributed by atoms with Crippen molar-refractivity contribution in [3.05, 3.63) is 12.2 Å². The number of nitrogens with zero attached hydrogens (tertiary/aromatic N) is 1. The predicted molar refractivity (Wildman–Crippen MR) is 62.2 cm³/mol. The van der Waals surface area contributed by atoms with Gasteiger partial charge in [0.25, 0.3) is 0 Å². The van der Waals surface area contributed by atoms with Gasteiger partial charge < -0.3 is 14.7 Å². The summed E-state index contributed by atoms with van der Waals surface area (Å²) in [7, 11) is 1.74. The van der Waals surface area contributed by atoms with E-state index in [1.165, 1.54) is 0 Å². The van der Waals surface area contributed by atoms with Crippen LogP contribution < -0.4 is 0 Å². The number of ether oxygens (including phenoxy) is 1.